The number of nitrogens with zero attached hydrogens (tertiary/aromatic N) is 2. The summed E-state index contributed by atoms with van der Waals surface area (Å²) in [5.41, 5.74) is 4.96. The smallest absolute Gasteiger partial charge is 0.325 e. The van der Waals surface area contributed by atoms with Crippen LogP contribution in [0.25, 0.3) is 0 Å². The number of rotatable bonds is 6. The number of hydrogen-bond acceptors (Lipinski definition) is 5. The predicted octanol–water partition coefficient (Wildman–Crippen LogP) is 6.34. The van der Waals surface area contributed by atoms with Crippen molar-refractivity contribution in [3.63, 3.8) is 0 Å². The maximum atomic E-state index is 13.9. The van der Waals surface area contributed by atoms with Crippen LogP contribution in [0.15, 0.2) is 36.5 Å². The summed E-state index contributed by atoms with van der Waals surface area (Å²) in [6.07, 6.45) is -1.08. The second-order valence-corrected chi connectivity index (χ2v) is 11.1. The van der Waals surface area contributed by atoms with Crippen molar-refractivity contribution in [2.45, 2.75) is 70.9 Å². The van der Waals surface area contributed by atoms with E-state index in [1.807, 2.05) is 45.0 Å². The van der Waals surface area contributed by atoms with Crippen molar-refractivity contribution in [2.24, 2.45) is 0 Å². The molecule has 0 saturated carbocycles. The number of fused-ring (bicyclic) bond motifs is 1. The molecule has 0 bridgehead atoms. The fourth-order valence-electron chi connectivity index (χ4n) is 5.86. The second-order valence-electron chi connectivity index (χ2n) is 11.1. The minimum Gasteiger partial charge on any atom is -0.325 e. The first-order valence-electron chi connectivity index (χ1n) is 13.4. The highest BCUT2D eigenvalue weighted by Crippen LogP contribution is 2.40. The number of alkyl halides is 3. The Morgan fingerprint density at radius 1 is 1.10 bits per heavy atom. The molecule has 1 atom stereocenters. The summed E-state index contributed by atoms with van der Waals surface area (Å²) in [7, 11) is 0. The standard InChI is InChI=1S/C30H34F3N5O/c1-17-18(2)23(13-11-21(17)20-8-6-14-34-15-20)37-28-35-16-22(30(31,32)33)24(38-28)12-10-19-7-5-9-25-26(19)29(3,4)27(39)36-25/h5,7,9,11,13,16,20,34H,6,8,10,12,14-15H2,1-4H3,(H,36,39)(H,35,37,38). The van der Waals surface area contributed by atoms with E-state index in [1.54, 1.807) is 0 Å². The number of carbonyl (C=O) groups excluding carboxylic acids is 1. The van der Waals surface area contributed by atoms with E-state index < -0.39 is 17.2 Å². The SMILES string of the molecule is Cc1c(Nc2ncc(C(F)(F)F)c(CCc3cccc4c3C(C)(C)C(=O)N4)n2)ccc(C2CCCNC2)c1C. The molecular weight excluding hydrogens is 503 g/mol. The van der Waals surface area contributed by atoms with Crippen molar-refractivity contribution < 1.29 is 18.0 Å². The molecule has 0 aliphatic carbocycles. The first-order valence-corrected chi connectivity index (χ1v) is 13.4. The molecule has 2 aromatic carbocycles. The number of carbonyl (C=O) groups is 1. The fraction of sp³-hybridized carbons (Fsp3) is 0.433. The Balaban J connectivity index is 1.42. The summed E-state index contributed by atoms with van der Waals surface area (Å²) in [5.74, 6) is 0.462. The highest BCUT2D eigenvalue weighted by Gasteiger charge is 2.40. The molecule has 3 heterocycles. The van der Waals surface area contributed by atoms with E-state index in [4.69, 9.17) is 0 Å². The highest BCUT2D eigenvalue weighted by atomic mass is 19.4. The number of benzene rings is 2. The number of piperidine rings is 1. The van der Waals surface area contributed by atoms with Gasteiger partial charge in [0.25, 0.3) is 0 Å². The third-order valence-corrected chi connectivity index (χ3v) is 8.21. The van der Waals surface area contributed by atoms with Crippen LogP contribution in [0.2, 0.25) is 0 Å². The van der Waals surface area contributed by atoms with Gasteiger partial charge in [-0.05, 0) is 106 Å². The van der Waals surface area contributed by atoms with Crippen molar-refractivity contribution in [1.29, 1.82) is 0 Å². The topological polar surface area (TPSA) is 78.9 Å². The maximum Gasteiger partial charge on any atom is 0.419 e. The van der Waals surface area contributed by atoms with Gasteiger partial charge in [-0.15, -0.1) is 0 Å². The third kappa shape index (κ3) is 5.24. The molecule has 2 aliphatic heterocycles. The van der Waals surface area contributed by atoms with Gasteiger partial charge in [0.1, 0.15) is 0 Å². The van der Waals surface area contributed by atoms with Crippen LogP contribution in [0.4, 0.5) is 30.5 Å². The minimum absolute atomic E-state index is 0.0540. The molecule has 5 rings (SSSR count). The van der Waals surface area contributed by atoms with Gasteiger partial charge in [-0.25, -0.2) is 9.97 Å². The van der Waals surface area contributed by atoms with Gasteiger partial charge >= 0.3 is 6.18 Å². The Labute approximate surface area is 226 Å². The van der Waals surface area contributed by atoms with E-state index in [-0.39, 0.29) is 24.0 Å². The van der Waals surface area contributed by atoms with Crippen LogP contribution in [-0.4, -0.2) is 29.0 Å². The number of halogens is 3. The molecule has 6 nitrogen and oxygen atoms in total. The number of hydrogen-bond donors (Lipinski definition) is 3. The molecule has 206 valence electrons. The Kier molecular flexibility index (Phi) is 7.13. The summed E-state index contributed by atoms with van der Waals surface area (Å²) < 4.78 is 41.7. The lowest BCUT2D eigenvalue weighted by molar-refractivity contribution is -0.138. The Morgan fingerprint density at radius 2 is 1.90 bits per heavy atom. The van der Waals surface area contributed by atoms with Crippen molar-refractivity contribution >= 4 is 23.2 Å². The quantitative estimate of drug-likeness (QED) is 0.342. The lowest BCUT2D eigenvalue weighted by Gasteiger charge is -2.26. The van der Waals surface area contributed by atoms with E-state index in [9.17, 15) is 18.0 Å². The lowest BCUT2D eigenvalue weighted by Crippen LogP contribution is -2.28. The molecule has 0 spiro atoms. The number of aryl methyl sites for hydroxylation is 2. The van der Waals surface area contributed by atoms with Crippen LogP contribution in [0, 0.1) is 13.8 Å². The molecule has 1 saturated heterocycles. The van der Waals surface area contributed by atoms with Crippen LogP contribution in [0.3, 0.4) is 0 Å². The molecular formula is C30H34F3N5O. The Morgan fingerprint density at radius 3 is 2.62 bits per heavy atom. The molecule has 1 amide bonds. The van der Waals surface area contributed by atoms with Crippen molar-refractivity contribution in [3.8, 4) is 0 Å². The normalized spacial score (nSPS) is 18.5. The van der Waals surface area contributed by atoms with Crippen LogP contribution < -0.4 is 16.0 Å². The van der Waals surface area contributed by atoms with Gasteiger partial charge in [0.05, 0.1) is 16.7 Å². The third-order valence-electron chi connectivity index (χ3n) is 8.21. The molecule has 9 heteroatoms. The van der Waals surface area contributed by atoms with E-state index in [1.165, 1.54) is 11.1 Å². The first-order chi connectivity index (χ1) is 18.5. The molecule has 1 unspecified atom stereocenters. The fourth-order valence-corrected chi connectivity index (χ4v) is 5.86. The van der Waals surface area contributed by atoms with Crippen LogP contribution >= 0.6 is 0 Å². The largest absolute Gasteiger partial charge is 0.419 e. The number of amides is 1. The number of aromatic nitrogens is 2. The molecule has 1 aromatic heterocycles. The molecule has 1 fully saturated rings. The average molecular weight is 538 g/mol. The molecule has 39 heavy (non-hydrogen) atoms. The van der Waals surface area contributed by atoms with Crippen LogP contribution in [0.5, 0.6) is 0 Å². The monoisotopic (exact) mass is 537 g/mol. The van der Waals surface area contributed by atoms with Gasteiger partial charge in [0, 0.05) is 24.1 Å². The van der Waals surface area contributed by atoms with Gasteiger partial charge in [0.15, 0.2) is 0 Å². The lowest BCUT2D eigenvalue weighted by atomic mass is 9.82. The summed E-state index contributed by atoms with van der Waals surface area (Å²) in [4.78, 5) is 20.8. The van der Waals surface area contributed by atoms with Crippen molar-refractivity contribution in [1.82, 2.24) is 15.3 Å². The van der Waals surface area contributed by atoms with Crippen LogP contribution in [-0.2, 0) is 29.2 Å². The van der Waals surface area contributed by atoms with E-state index in [0.29, 0.717) is 18.0 Å². The molecule has 0 radical (unpaired) electrons. The highest BCUT2D eigenvalue weighted by molar-refractivity contribution is 6.06. The van der Waals surface area contributed by atoms with E-state index in [2.05, 4.69) is 38.9 Å². The van der Waals surface area contributed by atoms with Gasteiger partial charge in [-0.3, -0.25) is 4.79 Å². The zero-order valence-electron chi connectivity index (χ0n) is 22.7. The summed E-state index contributed by atoms with van der Waals surface area (Å²) in [6.45, 7) is 9.74. The van der Waals surface area contributed by atoms with E-state index >= 15 is 0 Å². The van der Waals surface area contributed by atoms with Gasteiger partial charge in [-0.2, -0.15) is 13.2 Å². The van der Waals surface area contributed by atoms with Gasteiger partial charge in [0.2, 0.25) is 11.9 Å². The van der Waals surface area contributed by atoms with E-state index in [0.717, 1.165) is 54.5 Å². The van der Waals surface area contributed by atoms with Gasteiger partial charge in [-0.1, -0.05) is 18.2 Å². The Hall–Kier alpha value is -3.46. The molecule has 3 N–H and O–H groups in total. The van der Waals surface area contributed by atoms with Crippen LogP contribution in [0.1, 0.15) is 71.7 Å². The number of anilines is 3. The predicted molar refractivity (Wildman–Crippen MR) is 147 cm³/mol. The first kappa shape index (κ1) is 27.1. The summed E-state index contributed by atoms with van der Waals surface area (Å²) >= 11 is 0. The number of nitrogens with one attached hydrogen (secondary N) is 3. The molecule has 3 aromatic rings. The van der Waals surface area contributed by atoms with Gasteiger partial charge < -0.3 is 16.0 Å². The Bertz CT molecular complexity index is 1410. The minimum atomic E-state index is -4.58. The van der Waals surface area contributed by atoms with Crippen molar-refractivity contribution in [2.75, 3.05) is 23.7 Å². The second kappa shape index (κ2) is 10.3. The molecule has 2 aliphatic rings. The maximum absolute atomic E-state index is 13.9. The summed E-state index contributed by atoms with van der Waals surface area (Å²) in [5, 5.41) is 9.49. The zero-order valence-corrected chi connectivity index (χ0v) is 22.7. The van der Waals surface area contributed by atoms with Crippen molar-refractivity contribution in [3.05, 3.63) is 75.6 Å². The zero-order chi connectivity index (χ0) is 27.9. The average Bonchev–Trinajstić information content (AvgIpc) is 3.14. The summed E-state index contributed by atoms with van der Waals surface area (Å²) in [6, 6.07) is 9.56.